The Morgan fingerprint density at radius 3 is 2.29 bits per heavy atom. The largest absolute Gasteiger partial charge is 0.0891 e. The fourth-order valence-electron chi connectivity index (χ4n) is 9.23. The molecule has 0 radical (unpaired) electrons. The molecule has 4 saturated carbocycles. The first kappa shape index (κ1) is 21.7. The quantitative estimate of drug-likeness (QED) is 0.366. The molecule has 0 aromatic heterocycles. The Kier molecular flexibility index (Phi) is 6.35. The van der Waals surface area contributed by atoms with Gasteiger partial charge < -0.3 is 0 Å². The maximum absolute atomic E-state index is 3.97. The molecular formula is C27H47Br. The number of rotatable bonds is 5. The molecule has 0 nitrogen and oxygen atoms in total. The Labute approximate surface area is 184 Å². The zero-order valence-corrected chi connectivity index (χ0v) is 21.1. The van der Waals surface area contributed by atoms with Crippen molar-refractivity contribution in [3.63, 3.8) is 0 Å². The summed E-state index contributed by atoms with van der Waals surface area (Å²) in [6, 6.07) is 0. The fourth-order valence-corrected chi connectivity index (χ4v) is 9.91. The molecule has 4 aliphatic rings. The smallest absolute Gasteiger partial charge is 0.0148 e. The normalized spacial score (nSPS) is 49.4. The van der Waals surface area contributed by atoms with Gasteiger partial charge in [-0.3, -0.25) is 0 Å². The van der Waals surface area contributed by atoms with Crippen LogP contribution >= 0.6 is 15.9 Å². The molecule has 0 aliphatic heterocycles. The van der Waals surface area contributed by atoms with Gasteiger partial charge >= 0.3 is 0 Å². The van der Waals surface area contributed by atoms with Crippen LogP contribution in [0.5, 0.6) is 0 Å². The Balaban J connectivity index is 1.46. The van der Waals surface area contributed by atoms with E-state index in [0.29, 0.717) is 10.8 Å². The van der Waals surface area contributed by atoms with Crippen molar-refractivity contribution in [3.8, 4) is 0 Å². The van der Waals surface area contributed by atoms with E-state index in [4.69, 9.17) is 0 Å². The van der Waals surface area contributed by atoms with Crippen molar-refractivity contribution >= 4 is 15.9 Å². The third-order valence-corrected chi connectivity index (χ3v) is 11.6. The molecule has 4 aliphatic carbocycles. The van der Waals surface area contributed by atoms with Crippen LogP contribution in [0.25, 0.3) is 0 Å². The molecule has 4 fully saturated rings. The van der Waals surface area contributed by atoms with Crippen LogP contribution in [0.3, 0.4) is 0 Å². The molecule has 28 heavy (non-hydrogen) atoms. The number of alkyl halides is 1. The molecule has 0 N–H and O–H groups in total. The Hall–Kier alpha value is 0.480. The van der Waals surface area contributed by atoms with E-state index in [1.165, 1.54) is 57.8 Å². The van der Waals surface area contributed by atoms with Crippen molar-refractivity contribution in [2.75, 3.05) is 0 Å². The lowest BCUT2D eigenvalue weighted by Gasteiger charge is -2.61. The van der Waals surface area contributed by atoms with Crippen LogP contribution < -0.4 is 0 Å². The summed E-state index contributed by atoms with van der Waals surface area (Å²) in [5.41, 5.74) is 1.32. The maximum Gasteiger partial charge on any atom is 0.0148 e. The number of hydrogen-bond acceptors (Lipinski definition) is 0. The second kappa shape index (κ2) is 8.20. The molecule has 9 atom stereocenters. The predicted molar refractivity (Wildman–Crippen MR) is 126 cm³/mol. The summed E-state index contributed by atoms with van der Waals surface area (Å²) in [6.45, 7) is 12.9. The zero-order valence-electron chi connectivity index (χ0n) is 19.5. The van der Waals surface area contributed by atoms with Crippen LogP contribution in [0.15, 0.2) is 0 Å². The molecule has 0 saturated heterocycles. The molecule has 162 valence electrons. The molecule has 0 heterocycles. The van der Waals surface area contributed by atoms with Crippen molar-refractivity contribution in [3.05, 3.63) is 0 Å². The molecular weight excluding hydrogens is 404 g/mol. The topological polar surface area (TPSA) is 0 Å². The van der Waals surface area contributed by atoms with Gasteiger partial charge in [-0.25, -0.2) is 0 Å². The summed E-state index contributed by atoms with van der Waals surface area (Å²) in [7, 11) is 0. The summed E-state index contributed by atoms with van der Waals surface area (Å²) < 4.78 is 0. The van der Waals surface area contributed by atoms with Crippen LogP contribution in [-0.2, 0) is 0 Å². The van der Waals surface area contributed by atoms with Crippen LogP contribution in [-0.4, -0.2) is 4.83 Å². The fraction of sp³-hybridized carbons (Fsp3) is 1.00. The van der Waals surface area contributed by atoms with Crippen LogP contribution in [0.2, 0.25) is 0 Å². The molecule has 0 aromatic rings. The van der Waals surface area contributed by atoms with Gasteiger partial charge in [0.15, 0.2) is 0 Å². The Morgan fingerprint density at radius 2 is 1.54 bits per heavy atom. The summed E-state index contributed by atoms with van der Waals surface area (Å²) in [5, 5.41) is 0. The van der Waals surface area contributed by atoms with Gasteiger partial charge in [0, 0.05) is 4.83 Å². The lowest BCUT2D eigenvalue weighted by atomic mass is 9.44. The van der Waals surface area contributed by atoms with E-state index in [1.54, 1.807) is 19.3 Å². The minimum Gasteiger partial charge on any atom is -0.0891 e. The van der Waals surface area contributed by atoms with E-state index >= 15 is 0 Å². The third kappa shape index (κ3) is 3.67. The molecule has 0 unspecified atom stereocenters. The standard InChI is InChI=1S/C27H47Br/c1-18(2)7-6-8-19(3)23-11-12-24-22-10-9-20-17-21(28)13-15-26(20,4)25(22)14-16-27(23,24)5/h18-25H,6-17H2,1-5H3/t19-,20+,21-,22+,23+,24-,25+,26+,27-/m1/s1. The van der Waals surface area contributed by atoms with E-state index in [9.17, 15) is 0 Å². The van der Waals surface area contributed by atoms with Crippen molar-refractivity contribution < 1.29 is 0 Å². The van der Waals surface area contributed by atoms with Gasteiger partial charge in [-0.05, 0) is 110 Å². The Morgan fingerprint density at radius 1 is 0.821 bits per heavy atom. The minimum absolute atomic E-state index is 0.661. The van der Waals surface area contributed by atoms with E-state index < -0.39 is 0 Å². The first-order chi connectivity index (χ1) is 13.3. The molecule has 1 heteroatoms. The molecule has 4 rings (SSSR count). The van der Waals surface area contributed by atoms with Gasteiger partial charge in [0.1, 0.15) is 0 Å². The summed E-state index contributed by atoms with van der Waals surface area (Å²) in [4.78, 5) is 0.804. The van der Waals surface area contributed by atoms with Gasteiger partial charge in [0.05, 0.1) is 0 Å². The van der Waals surface area contributed by atoms with Crippen molar-refractivity contribution in [1.82, 2.24) is 0 Å². The van der Waals surface area contributed by atoms with Crippen molar-refractivity contribution in [2.24, 2.45) is 52.3 Å². The highest BCUT2D eigenvalue weighted by molar-refractivity contribution is 9.09. The number of halogens is 1. The van der Waals surface area contributed by atoms with Gasteiger partial charge in [-0.2, -0.15) is 0 Å². The predicted octanol–water partition coefficient (Wildman–Crippen LogP) is 8.87. The maximum atomic E-state index is 3.97. The number of fused-ring (bicyclic) bond motifs is 5. The molecule has 0 aromatic carbocycles. The highest BCUT2D eigenvalue weighted by atomic mass is 79.9. The summed E-state index contributed by atoms with van der Waals surface area (Å²) in [6.07, 6.45) is 18.0. The van der Waals surface area contributed by atoms with Crippen LogP contribution in [0.4, 0.5) is 0 Å². The van der Waals surface area contributed by atoms with Gasteiger partial charge in [0.25, 0.3) is 0 Å². The summed E-state index contributed by atoms with van der Waals surface area (Å²) in [5.74, 6) is 6.97. The molecule has 0 amide bonds. The van der Waals surface area contributed by atoms with Gasteiger partial charge in [0.2, 0.25) is 0 Å². The van der Waals surface area contributed by atoms with Crippen LogP contribution in [0, 0.1) is 52.3 Å². The SMILES string of the molecule is CC(C)CCC[C@@H](C)[C@@H]1CC[C@@H]2[C@@H]3CC[C@H]4C[C@H](Br)CC[C@]4(C)[C@H]3CC[C@@]21C. The zero-order chi connectivity index (χ0) is 20.1. The third-order valence-electron chi connectivity index (χ3n) is 10.8. The van der Waals surface area contributed by atoms with Crippen molar-refractivity contribution in [2.45, 2.75) is 116 Å². The highest BCUT2D eigenvalue weighted by Gasteiger charge is 2.60. The lowest BCUT2D eigenvalue weighted by Crippen LogP contribution is -2.53. The number of hydrogen-bond donors (Lipinski definition) is 0. The minimum atomic E-state index is 0.661. The van der Waals surface area contributed by atoms with E-state index in [1.807, 2.05) is 0 Å². The van der Waals surface area contributed by atoms with Crippen molar-refractivity contribution in [1.29, 1.82) is 0 Å². The highest BCUT2D eigenvalue weighted by Crippen LogP contribution is 2.68. The average molecular weight is 452 g/mol. The molecule has 0 spiro atoms. The van der Waals surface area contributed by atoms with Gasteiger partial charge in [-0.1, -0.05) is 69.8 Å². The second-order valence-electron chi connectivity index (χ2n) is 12.6. The first-order valence-corrected chi connectivity index (χ1v) is 13.8. The second-order valence-corrected chi connectivity index (χ2v) is 13.9. The van der Waals surface area contributed by atoms with E-state index in [0.717, 1.165) is 46.3 Å². The van der Waals surface area contributed by atoms with E-state index in [-0.39, 0.29) is 0 Å². The monoisotopic (exact) mass is 450 g/mol. The average Bonchev–Trinajstić information content (AvgIpc) is 2.99. The first-order valence-electron chi connectivity index (χ1n) is 12.9. The van der Waals surface area contributed by atoms with Crippen LogP contribution in [0.1, 0.15) is 112 Å². The lowest BCUT2D eigenvalue weighted by molar-refractivity contribution is -0.113. The van der Waals surface area contributed by atoms with Gasteiger partial charge in [-0.15, -0.1) is 0 Å². The molecule has 0 bridgehead atoms. The Bertz CT molecular complexity index is 540. The van der Waals surface area contributed by atoms with E-state index in [2.05, 4.69) is 50.5 Å². The summed E-state index contributed by atoms with van der Waals surface area (Å²) >= 11 is 3.97.